The van der Waals surface area contributed by atoms with Crippen LogP contribution in [0.25, 0.3) is 0 Å². The molecular formula is C25H22FNO3. The average Bonchev–Trinajstić information content (AvgIpc) is 3.20. The Labute approximate surface area is 174 Å². The van der Waals surface area contributed by atoms with E-state index in [2.05, 4.69) is 5.32 Å². The number of rotatable bonds is 5. The summed E-state index contributed by atoms with van der Waals surface area (Å²) >= 11 is 0. The lowest BCUT2D eigenvalue weighted by Crippen LogP contribution is -2.36. The summed E-state index contributed by atoms with van der Waals surface area (Å²) in [7, 11) is 1.34. The standard InChI is InChI=1S/C25H22FNO3/c1-30-25(29)23-20(16-8-4-2-5-9-16)21(24(28)18-10-6-3-7-11-18)22(27-23)17-12-14-19(26)15-13-17/h2-15,20-23,27H,1H3/t20-,21-,22-,23-/m0/s1. The Morgan fingerprint density at radius 1 is 0.833 bits per heavy atom. The number of esters is 1. The minimum absolute atomic E-state index is 0.0716. The van der Waals surface area contributed by atoms with Crippen LogP contribution in [0.1, 0.15) is 33.4 Å². The summed E-state index contributed by atoms with van der Waals surface area (Å²) in [6.07, 6.45) is 0. The molecule has 0 saturated carbocycles. The normalized spacial score (nSPS) is 23.1. The number of methoxy groups -OCH3 is 1. The molecule has 3 aromatic rings. The summed E-state index contributed by atoms with van der Waals surface area (Å²) in [6.45, 7) is 0. The second-order valence-electron chi connectivity index (χ2n) is 7.39. The van der Waals surface area contributed by atoms with Crippen molar-refractivity contribution in [1.29, 1.82) is 0 Å². The van der Waals surface area contributed by atoms with E-state index in [0.717, 1.165) is 11.1 Å². The maximum Gasteiger partial charge on any atom is 0.323 e. The summed E-state index contributed by atoms with van der Waals surface area (Å²) in [6, 6.07) is 23.4. The third-order valence-electron chi connectivity index (χ3n) is 5.69. The molecule has 0 radical (unpaired) electrons. The quantitative estimate of drug-likeness (QED) is 0.510. The molecule has 5 heteroatoms. The first kappa shape index (κ1) is 20.0. The summed E-state index contributed by atoms with van der Waals surface area (Å²) in [5.74, 6) is -1.85. The third kappa shape index (κ3) is 3.76. The highest BCUT2D eigenvalue weighted by Gasteiger charge is 2.51. The molecular weight excluding hydrogens is 381 g/mol. The minimum atomic E-state index is -0.704. The first-order valence-electron chi connectivity index (χ1n) is 9.83. The first-order valence-corrected chi connectivity index (χ1v) is 9.83. The van der Waals surface area contributed by atoms with Crippen molar-refractivity contribution in [3.8, 4) is 0 Å². The number of hydrogen-bond acceptors (Lipinski definition) is 4. The van der Waals surface area contributed by atoms with E-state index in [1.54, 1.807) is 24.3 Å². The topological polar surface area (TPSA) is 55.4 Å². The van der Waals surface area contributed by atoms with Gasteiger partial charge in [0.15, 0.2) is 5.78 Å². The molecule has 1 fully saturated rings. The lowest BCUT2D eigenvalue weighted by Gasteiger charge is -2.25. The van der Waals surface area contributed by atoms with Crippen molar-refractivity contribution in [3.05, 3.63) is 107 Å². The van der Waals surface area contributed by atoms with E-state index in [9.17, 15) is 14.0 Å². The molecule has 152 valence electrons. The van der Waals surface area contributed by atoms with Crippen LogP contribution in [0.3, 0.4) is 0 Å². The van der Waals surface area contributed by atoms with Crippen LogP contribution in [0.2, 0.25) is 0 Å². The Balaban J connectivity index is 1.85. The van der Waals surface area contributed by atoms with Crippen LogP contribution >= 0.6 is 0 Å². The molecule has 4 nitrogen and oxygen atoms in total. The zero-order valence-electron chi connectivity index (χ0n) is 16.5. The van der Waals surface area contributed by atoms with Gasteiger partial charge in [0.2, 0.25) is 0 Å². The van der Waals surface area contributed by atoms with Gasteiger partial charge in [0.25, 0.3) is 0 Å². The van der Waals surface area contributed by atoms with Crippen molar-refractivity contribution in [2.75, 3.05) is 7.11 Å². The van der Waals surface area contributed by atoms with Gasteiger partial charge in [-0.1, -0.05) is 72.8 Å². The van der Waals surface area contributed by atoms with Crippen molar-refractivity contribution in [1.82, 2.24) is 5.32 Å². The number of benzene rings is 3. The first-order chi connectivity index (χ1) is 14.6. The van der Waals surface area contributed by atoms with Crippen molar-refractivity contribution in [2.24, 2.45) is 5.92 Å². The average molecular weight is 403 g/mol. The number of nitrogens with one attached hydrogen (secondary N) is 1. The molecule has 1 heterocycles. The number of halogens is 1. The van der Waals surface area contributed by atoms with E-state index in [0.29, 0.717) is 5.56 Å². The molecule has 0 amide bonds. The van der Waals surface area contributed by atoms with Crippen LogP contribution in [0.15, 0.2) is 84.9 Å². The minimum Gasteiger partial charge on any atom is -0.468 e. The van der Waals surface area contributed by atoms with E-state index in [1.165, 1.54) is 19.2 Å². The summed E-state index contributed by atoms with van der Waals surface area (Å²) in [5.41, 5.74) is 2.19. The zero-order chi connectivity index (χ0) is 21.1. The van der Waals surface area contributed by atoms with Gasteiger partial charge in [0.05, 0.1) is 13.0 Å². The van der Waals surface area contributed by atoms with Crippen molar-refractivity contribution < 1.29 is 18.7 Å². The number of hydrogen-bond donors (Lipinski definition) is 1. The molecule has 0 spiro atoms. The van der Waals surface area contributed by atoms with Gasteiger partial charge in [-0.25, -0.2) is 4.39 Å². The van der Waals surface area contributed by atoms with E-state index < -0.39 is 29.9 Å². The van der Waals surface area contributed by atoms with Crippen LogP contribution in [0, 0.1) is 11.7 Å². The Morgan fingerprint density at radius 3 is 2.03 bits per heavy atom. The second kappa shape index (κ2) is 8.59. The van der Waals surface area contributed by atoms with E-state index in [4.69, 9.17) is 4.74 Å². The highest BCUT2D eigenvalue weighted by molar-refractivity contribution is 6.00. The van der Waals surface area contributed by atoms with Crippen LogP contribution < -0.4 is 5.32 Å². The largest absolute Gasteiger partial charge is 0.468 e. The van der Waals surface area contributed by atoms with Gasteiger partial charge in [0.1, 0.15) is 11.9 Å². The van der Waals surface area contributed by atoms with Crippen LogP contribution in [0.4, 0.5) is 4.39 Å². The zero-order valence-corrected chi connectivity index (χ0v) is 16.5. The molecule has 4 atom stereocenters. The second-order valence-corrected chi connectivity index (χ2v) is 7.39. The third-order valence-corrected chi connectivity index (χ3v) is 5.69. The van der Waals surface area contributed by atoms with Gasteiger partial charge < -0.3 is 4.74 Å². The molecule has 1 N–H and O–H groups in total. The predicted octanol–water partition coefficient (Wildman–Crippen LogP) is 4.29. The highest BCUT2D eigenvalue weighted by atomic mass is 19.1. The highest BCUT2D eigenvalue weighted by Crippen LogP contribution is 2.45. The fourth-order valence-corrected chi connectivity index (χ4v) is 4.32. The number of carbonyl (C=O) groups excluding carboxylic acids is 2. The Bertz CT molecular complexity index is 1020. The van der Waals surface area contributed by atoms with Gasteiger partial charge in [-0.2, -0.15) is 0 Å². The van der Waals surface area contributed by atoms with Gasteiger partial charge in [-0.05, 0) is 23.3 Å². The fourth-order valence-electron chi connectivity index (χ4n) is 4.32. The number of ether oxygens (including phenoxy) is 1. The van der Waals surface area contributed by atoms with Crippen LogP contribution in [0.5, 0.6) is 0 Å². The number of ketones is 1. The van der Waals surface area contributed by atoms with E-state index in [1.807, 2.05) is 48.5 Å². The maximum absolute atomic E-state index is 13.7. The molecule has 1 aliphatic rings. The Kier molecular flexibility index (Phi) is 5.72. The van der Waals surface area contributed by atoms with Gasteiger partial charge >= 0.3 is 5.97 Å². The molecule has 30 heavy (non-hydrogen) atoms. The molecule has 0 unspecified atom stereocenters. The Hall–Kier alpha value is -3.31. The molecule has 0 bridgehead atoms. The molecule has 0 aliphatic carbocycles. The summed E-state index contributed by atoms with van der Waals surface area (Å²) < 4.78 is 18.6. The number of carbonyl (C=O) groups is 2. The smallest absolute Gasteiger partial charge is 0.323 e. The summed E-state index contributed by atoms with van der Waals surface area (Å²) in [5, 5.41) is 3.31. The van der Waals surface area contributed by atoms with Crippen LogP contribution in [-0.4, -0.2) is 24.9 Å². The van der Waals surface area contributed by atoms with E-state index >= 15 is 0 Å². The lowest BCUT2D eigenvalue weighted by atomic mass is 9.76. The molecule has 1 aliphatic heterocycles. The molecule has 4 rings (SSSR count). The predicted molar refractivity (Wildman–Crippen MR) is 112 cm³/mol. The van der Waals surface area contributed by atoms with Crippen molar-refractivity contribution in [2.45, 2.75) is 18.0 Å². The van der Waals surface area contributed by atoms with Gasteiger partial charge in [-0.3, -0.25) is 14.9 Å². The molecule has 0 aromatic heterocycles. The van der Waals surface area contributed by atoms with Crippen LogP contribution in [-0.2, 0) is 9.53 Å². The lowest BCUT2D eigenvalue weighted by molar-refractivity contribution is -0.143. The monoisotopic (exact) mass is 403 g/mol. The molecule has 3 aromatic carbocycles. The fraction of sp³-hybridized carbons (Fsp3) is 0.200. The SMILES string of the molecule is COC(=O)[C@H]1N[C@@H](c2ccc(F)cc2)[C@@H](C(=O)c2ccccc2)[C@@H]1c1ccccc1. The Morgan fingerprint density at radius 2 is 1.43 bits per heavy atom. The van der Waals surface area contributed by atoms with Crippen molar-refractivity contribution >= 4 is 11.8 Å². The maximum atomic E-state index is 13.7. The van der Waals surface area contributed by atoms with E-state index in [-0.39, 0.29) is 11.6 Å². The van der Waals surface area contributed by atoms with Gasteiger partial charge in [-0.15, -0.1) is 0 Å². The van der Waals surface area contributed by atoms with Gasteiger partial charge in [0, 0.05) is 17.5 Å². The number of Topliss-reactive ketones (excluding diaryl/α,β-unsaturated/α-hetero) is 1. The molecule has 1 saturated heterocycles. The van der Waals surface area contributed by atoms with Crippen molar-refractivity contribution in [3.63, 3.8) is 0 Å². The summed E-state index contributed by atoms with van der Waals surface area (Å²) in [4.78, 5) is 26.3.